The van der Waals surface area contributed by atoms with Gasteiger partial charge in [0.05, 0.1) is 11.5 Å². The highest BCUT2D eigenvalue weighted by molar-refractivity contribution is 7.89. The first-order valence-corrected chi connectivity index (χ1v) is 7.54. The Labute approximate surface area is 109 Å². The lowest BCUT2D eigenvalue weighted by molar-refractivity contribution is 0.280. The summed E-state index contributed by atoms with van der Waals surface area (Å²) in [5.74, 6) is 0. The third-order valence-electron chi connectivity index (χ3n) is 3.08. The second-order valence-corrected chi connectivity index (χ2v) is 6.39. The van der Waals surface area contributed by atoms with Crippen molar-refractivity contribution in [3.8, 4) is 0 Å². The molecule has 0 aliphatic rings. The lowest BCUT2D eigenvalue weighted by Gasteiger charge is -2.19. The van der Waals surface area contributed by atoms with Gasteiger partial charge in [-0.2, -0.15) is 0 Å². The Morgan fingerprint density at radius 2 is 2.00 bits per heavy atom. The molecule has 1 N–H and O–H groups in total. The van der Waals surface area contributed by atoms with Gasteiger partial charge in [0.1, 0.15) is 0 Å². The Bertz CT molecular complexity index is 497. The van der Waals surface area contributed by atoms with Crippen LogP contribution in [0.1, 0.15) is 30.9 Å². The van der Waals surface area contributed by atoms with Crippen LogP contribution in [0.4, 0.5) is 0 Å². The lowest BCUT2D eigenvalue weighted by atomic mass is 10.1. The Kier molecular flexibility index (Phi) is 5.31. The summed E-state index contributed by atoms with van der Waals surface area (Å²) in [4.78, 5) is 0.285. The van der Waals surface area contributed by atoms with Gasteiger partial charge in [0.25, 0.3) is 0 Å². The van der Waals surface area contributed by atoms with Crippen molar-refractivity contribution in [2.24, 2.45) is 0 Å². The summed E-state index contributed by atoms with van der Waals surface area (Å²) >= 11 is 0. The third kappa shape index (κ3) is 3.10. The van der Waals surface area contributed by atoms with Crippen molar-refractivity contribution < 1.29 is 13.5 Å². The topological polar surface area (TPSA) is 57.6 Å². The van der Waals surface area contributed by atoms with Gasteiger partial charge >= 0.3 is 0 Å². The van der Waals surface area contributed by atoms with E-state index in [4.69, 9.17) is 0 Å². The van der Waals surface area contributed by atoms with Gasteiger partial charge in [0.2, 0.25) is 10.0 Å². The van der Waals surface area contributed by atoms with Crippen molar-refractivity contribution >= 4 is 10.0 Å². The molecule has 0 radical (unpaired) electrons. The van der Waals surface area contributed by atoms with E-state index in [2.05, 4.69) is 0 Å². The number of hydrogen-bond donors (Lipinski definition) is 1. The van der Waals surface area contributed by atoms with Crippen LogP contribution in [0.3, 0.4) is 0 Å². The zero-order chi connectivity index (χ0) is 13.8. The summed E-state index contributed by atoms with van der Waals surface area (Å²) in [7, 11) is -1.86. The number of nitrogens with zero attached hydrogens (tertiary/aromatic N) is 1. The molecular weight excluding hydrogens is 250 g/mol. The fraction of sp³-hybridized carbons (Fsp3) is 0.538. The molecule has 1 rings (SSSR count). The molecule has 0 saturated carbocycles. The van der Waals surface area contributed by atoms with Crippen molar-refractivity contribution in [3.05, 3.63) is 29.3 Å². The maximum Gasteiger partial charge on any atom is 0.243 e. The molecule has 0 spiro atoms. The van der Waals surface area contributed by atoms with E-state index in [0.29, 0.717) is 17.7 Å². The van der Waals surface area contributed by atoms with Gasteiger partial charge in [0, 0.05) is 13.6 Å². The van der Waals surface area contributed by atoms with Crippen LogP contribution in [0, 0.1) is 6.92 Å². The van der Waals surface area contributed by atoms with Crippen molar-refractivity contribution in [2.45, 2.75) is 38.2 Å². The summed E-state index contributed by atoms with van der Waals surface area (Å²) in [6.45, 7) is 4.12. The molecule has 4 nitrogen and oxygen atoms in total. The van der Waals surface area contributed by atoms with E-state index in [1.54, 1.807) is 32.2 Å². The van der Waals surface area contributed by atoms with Gasteiger partial charge in [0.15, 0.2) is 0 Å². The van der Waals surface area contributed by atoms with Gasteiger partial charge in [-0.25, -0.2) is 12.7 Å². The Hall–Kier alpha value is -0.910. The van der Waals surface area contributed by atoms with E-state index in [-0.39, 0.29) is 11.5 Å². The van der Waals surface area contributed by atoms with Crippen molar-refractivity contribution in [1.29, 1.82) is 0 Å². The highest BCUT2D eigenvalue weighted by atomic mass is 32.2. The summed E-state index contributed by atoms with van der Waals surface area (Å²) in [5, 5.41) is 9.18. The van der Waals surface area contributed by atoms with E-state index < -0.39 is 10.0 Å². The van der Waals surface area contributed by atoms with Crippen LogP contribution in [0.2, 0.25) is 0 Å². The highest BCUT2D eigenvalue weighted by Crippen LogP contribution is 2.22. The number of benzene rings is 1. The normalized spacial score (nSPS) is 12.1. The predicted octanol–water partition coefficient (Wildman–Crippen LogP) is 1.91. The Balaban J connectivity index is 3.12. The maximum absolute atomic E-state index is 12.4. The fourth-order valence-corrected chi connectivity index (χ4v) is 3.25. The van der Waals surface area contributed by atoms with Crippen LogP contribution in [-0.2, 0) is 16.6 Å². The molecule has 0 atom stereocenters. The summed E-state index contributed by atoms with van der Waals surface area (Å²) in [6, 6.07) is 4.99. The zero-order valence-corrected chi connectivity index (χ0v) is 12.0. The fourth-order valence-electron chi connectivity index (χ4n) is 1.78. The average Bonchev–Trinajstić information content (AvgIpc) is 2.35. The molecule has 0 heterocycles. The summed E-state index contributed by atoms with van der Waals surface area (Å²) in [5.41, 5.74) is 1.28. The van der Waals surface area contributed by atoms with Gasteiger partial charge in [-0.1, -0.05) is 25.5 Å². The first kappa shape index (κ1) is 15.1. The van der Waals surface area contributed by atoms with E-state index in [1.165, 1.54) is 4.31 Å². The highest BCUT2D eigenvalue weighted by Gasteiger charge is 2.22. The van der Waals surface area contributed by atoms with E-state index >= 15 is 0 Å². The van der Waals surface area contributed by atoms with Crippen LogP contribution in [-0.4, -0.2) is 31.4 Å². The second kappa shape index (κ2) is 6.31. The molecule has 0 amide bonds. The minimum Gasteiger partial charge on any atom is -0.392 e. The number of sulfonamides is 1. The number of hydrogen-bond acceptors (Lipinski definition) is 3. The first-order chi connectivity index (χ1) is 8.45. The molecule has 0 aromatic heterocycles. The number of aliphatic hydroxyl groups is 1. The average molecular weight is 271 g/mol. The van der Waals surface area contributed by atoms with Crippen molar-refractivity contribution in [1.82, 2.24) is 4.31 Å². The molecule has 0 bridgehead atoms. The van der Waals surface area contributed by atoms with E-state index in [9.17, 15) is 13.5 Å². The van der Waals surface area contributed by atoms with Crippen LogP contribution >= 0.6 is 0 Å². The zero-order valence-electron chi connectivity index (χ0n) is 11.2. The third-order valence-corrected chi connectivity index (χ3v) is 5.08. The van der Waals surface area contributed by atoms with Gasteiger partial charge in [-0.15, -0.1) is 0 Å². The Morgan fingerprint density at radius 3 is 2.56 bits per heavy atom. The predicted molar refractivity (Wildman–Crippen MR) is 71.8 cm³/mol. The quantitative estimate of drug-likeness (QED) is 0.860. The minimum atomic E-state index is -3.45. The van der Waals surface area contributed by atoms with Gasteiger partial charge in [-0.05, 0) is 30.5 Å². The largest absolute Gasteiger partial charge is 0.392 e. The van der Waals surface area contributed by atoms with Crippen molar-refractivity contribution in [2.75, 3.05) is 13.6 Å². The van der Waals surface area contributed by atoms with Crippen molar-refractivity contribution in [3.63, 3.8) is 0 Å². The summed E-state index contributed by atoms with van der Waals surface area (Å²) < 4.78 is 26.1. The van der Waals surface area contributed by atoms with E-state index in [1.807, 2.05) is 6.92 Å². The molecule has 18 heavy (non-hydrogen) atoms. The smallest absolute Gasteiger partial charge is 0.243 e. The van der Waals surface area contributed by atoms with Crippen LogP contribution < -0.4 is 0 Å². The molecule has 0 fully saturated rings. The minimum absolute atomic E-state index is 0.145. The molecule has 102 valence electrons. The molecule has 1 aromatic carbocycles. The molecule has 0 saturated heterocycles. The second-order valence-electron chi connectivity index (χ2n) is 4.38. The summed E-state index contributed by atoms with van der Waals surface area (Å²) in [6.07, 6.45) is 1.80. The molecular formula is C13H21NO3S. The standard InChI is InChI=1S/C13H21NO3S/c1-4-5-9-14(3)18(16,17)13-8-6-7-12(10-15)11(13)2/h6-8,15H,4-5,9-10H2,1-3H3. The van der Waals surface area contributed by atoms with Crippen LogP contribution in [0.25, 0.3) is 0 Å². The number of unbranched alkanes of at least 4 members (excludes halogenated alkanes) is 1. The molecule has 5 heteroatoms. The number of rotatable bonds is 6. The molecule has 0 unspecified atom stereocenters. The molecule has 0 aliphatic heterocycles. The van der Waals surface area contributed by atoms with Crippen LogP contribution in [0.5, 0.6) is 0 Å². The lowest BCUT2D eigenvalue weighted by Crippen LogP contribution is -2.28. The molecule has 0 aliphatic carbocycles. The maximum atomic E-state index is 12.4. The van der Waals surface area contributed by atoms with Crippen LogP contribution in [0.15, 0.2) is 23.1 Å². The van der Waals surface area contributed by atoms with Gasteiger partial charge in [-0.3, -0.25) is 0 Å². The first-order valence-electron chi connectivity index (χ1n) is 6.10. The Morgan fingerprint density at radius 1 is 1.33 bits per heavy atom. The monoisotopic (exact) mass is 271 g/mol. The number of aliphatic hydroxyl groups excluding tert-OH is 1. The van der Waals surface area contributed by atoms with Gasteiger partial charge < -0.3 is 5.11 Å². The molecule has 1 aromatic rings. The van der Waals surface area contributed by atoms with E-state index in [0.717, 1.165) is 12.8 Å². The SMILES string of the molecule is CCCCN(C)S(=O)(=O)c1cccc(CO)c1C.